The first kappa shape index (κ1) is 16.7. The zero-order chi connectivity index (χ0) is 18.0. The van der Waals surface area contributed by atoms with Crippen molar-refractivity contribution >= 4 is 28.5 Å². The fourth-order valence-corrected chi connectivity index (χ4v) is 2.43. The highest BCUT2D eigenvalue weighted by Crippen LogP contribution is 2.19. The number of rotatable bonds is 3. The maximum Gasteiger partial charge on any atom is 0.385 e. The molecule has 1 aromatic carbocycles. The van der Waals surface area contributed by atoms with E-state index in [1.807, 2.05) is 32.0 Å². The van der Waals surface area contributed by atoms with Crippen LogP contribution in [-0.2, 0) is 9.63 Å². The molecule has 1 aromatic heterocycles. The average molecular weight is 335 g/mol. The van der Waals surface area contributed by atoms with E-state index in [1.165, 1.54) is 12.3 Å². The van der Waals surface area contributed by atoms with Gasteiger partial charge in [0.05, 0.1) is 17.2 Å². The molecule has 3 rings (SSSR count). The number of oxime groups is 1. The molecule has 0 N–H and O–H groups in total. The lowest BCUT2D eigenvalue weighted by Crippen LogP contribution is -2.16. The Kier molecular flexibility index (Phi) is 4.52. The van der Waals surface area contributed by atoms with Gasteiger partial charge in [-0.25, -0.2) is 9.78 Å². The summed E-state index contributed by atoms with van der Waals surface area (Å²) >= 11 is 0. The van der Waals surface area contributed by atoms with Crippen LogP contribution in [0.5, 0.6) is 0 Å². The zero-order valence-electron chi connectivity index (χ0n) is 14.2. The predicted octanol–water partition coefficient (Wildman–Crippen LogP) is 3.25. The van der Waals surface area contributed by atoms with Crippen LogP contribution in [0.1, 0.15) is 31.3 Å². The van der Waals surface area contributed by atoms with Crippen LogP contribution in [0.25, 0.3) is 11.0 Å². The van der Waals surface area contributed by atoms with Gasteiger partial charge >= 0.3 is 5.97 Å². The standard InChI is InChI=1S/C19H17N3O3/c1-11(2)13-9-16(12(3)8-18(13)23)22-25-19(24)17-10-20-14-6-4-5-7-15(14)21-17/h4-11H,1-3H3/b22-16+. The van der Waals surface area contributed by atoms with Crippen molar-refractivity contribution in [3.8, 4) is 0 Å². The third-order valence-corrected chi connectivity index (χ3v) is 3.83. The summed E-state index contributed by atoms with van der Waals surface area (Å²) < 4.78 is 0. The Bertz CT molecular complexity index is 955. The second-order valence-electron chi connectivity index (χ2n) is 6.05. The highest BCUT2D eigenvalue weighted by molar-refractivity contribution is 6.21. The molecule has 6 heteroatoms. The van der Waals surface area contributed by atoms with Crippen LogP contribution in [-0.4, -0.2) is 27.4 Å². The molecule has 1 heterocycles. The Balaban J connectivity index is 1.83. The fourth-order valence-electron chi connectivity index (χ4n) is 2.43. The molecule has 6 nitrogen and oxygen atoms in total. The van der Waals surface area contributed by atoms with E-state index >= 15 is 0 Å². The van der Waals surface area contributed by atoms with Crippen LogP contribution < -0.4 is 0 Å². The van der Waals surface area contributed by atoms with Crippen LogP contribution in [0, 0.1) is 5.92 Å². The van der Waals surface area contributed by atoms with Crippen molar-refractivity contribution in [2.24, 2.45) is 11.1 Å². The Morgan fingerprint density at radius 2 is 1.88 bits per heavy atom. The number of hydrogen-bond acceptors (Lipinski definition) is 6. The highest BCUT2D eigenvalue weighted by atomic mass is 16.7. The van der Waals surface area contributed by atoms with Crippen LogP contribution in [0.2, 0.25) is 0 Å². The van der Waals surface area contributed by atoms with E-state index in [0.29, 0.717) is 27.9 Å². The number of fused-ring (bicyclic) bond motifs is 1. The fraction of sp³-hybridized carbons (Fsp3) is 0.211. The van der Waals surface area contributed by atoms with Gasteiger partial charge in [-0.1, -0.05) is 31.1 Å². The van der Waals surface area contributed by atoms with Crippen molar-refractivity contribution in [1.82, 2.24) is 9.97 Å². The molecule has 0 fully saturated rings. The number of carbonyl (C=O) groups excluding carboxylic acids is 2. The minimum absolute atomic E-state index is 0.0434. The monoisotopic (exact) mass is 335 g/mol. The lowest BCUT2D eigenvalue weighted by Gasteiger charge is -2.14. The van der Waals surface area contributed by atoms with E-state index < -0.39 is 5.97 Å². The Morgan fingerprint density at radius 1 is 1.16 bits per heavy atom. The van der Waals surface area contributed by atoms with Crippen molar-refractivity contribution in [1.29, 1.82) is 0 Å². The van der Waals surface area contributed by atoms with Crippen molar-refractivity contribution in [3.63, 3.8) is 0 Å². The van der Waals surface area contributed by atoms with Crippen molar-refractivity contribution in [2.45, 2.75) is 20.8 Å². The molecular weight excluding hydrogens is 318 g/mol. The minimum Gasteiger partial charge on any atom is -0.310 e. The van der Waals surface area contributed by atoms with E-state index in [9.17, 15) is 9.59 Å². The Hall–Kier alpha value is -3.15. The first-order valence-corrected chi connectivity index (χ1v) is 7.91. The topological polar surface area (TPSA) is 81.5 Å². The van der Waals surface area contributed by atoms with E-state index in [4.69, 9.17) is 4.84 Å². The average Bonchev–Trinajstić information content (AvgIpc) is 2.60. The number of benzene rings is 1. The summed E-state index contributed by atoms with van der Waals surface area (Å²) in [7, 11) is 0. The number of allylic oxidation sites excluding steroid dienone is 4. The van der Waals surface area contributed by atoms with Crippen molar-refractivity contribution < 1.29 is 14.4 Å². The van der Waals surface area contributed by atoms with Gasteiger partial charge in [-0.2, -0.15) is 0 Å². The molecule has 0 aliphatic heterocycles. The lowest BCUT2D eigenvalue weighted by molar-refractivity contribution is -0.111. The molecule has 0 bridgehead atoms. The van der Waals surface area contributed by atoms with E-state index in [0.717, 1.165) is 0 Å². The number of ketones is 1. The van der Waals surface area contributed by atoms with Crippen LogP contribution in [0.3, 0.4) is 0 Å². The van der Waals surface area contributed by atoms with Crippen LogP contribution in [0.15, 0.2) is 58.9 Å². The third kappa shape index (κ3) is 3.52. The van der Waals surface area contributed by atoms with Gasteiger partial charge in [0.2, 0.25) is 0 Å². The quantitative estimate of drug-likeness (QED) is 0.488. The minimum atomic E-state index is -0.699. The normalized spacial score (nSPS) is 16.2. The summed E-state index contributed by atoms with van der Waals surface area (Å²) in [5.74, 6) is -0.683. The number of para-hydroxylation sites is 2. The van der Waals surface area contributed by atoms with Gasteiger partial charge in [0, 0.05) is 5.57 Å². The summed E-state index contributed by atoms with van der Waals surface area (Å²) in [5, 5.41) is 3.89. The number of aromatic nitrogens is 2. The summed E-state index contributed by atoms with van der Waals surface area (Å²) in [6.45, 7) is 5.59. The van der Waals surface area contributed by atoms with Gasteiger partial charge in [-0.15, -0.1) is 0 Å². The van der Waals surface area contributed by atoms with E-state index in [1.54, 1.807) is 19.1 Å². The molecule has 1 aliphatic rings. The van der Waals surface area contributed by atoms with Gasteiger partial charge in [-0.05, 0) is 42.7 Å². The van der Waals surface area contributed by atoms with Gasteiger partial charge < -0.3 is 4.84 Å². The molecule has 0 radical (unpaired) electrons. The smallest absolute Gasteiger partial charge is 0.310 e. The molecule has 0 saturated heterocycles. The maximum absolute atomic E-state index is 12.2. The molecular formula is C19H17N3O3. The second kappa shape index (κ2) is 6.76. The first-order chi connectivity index (χ1) is 12.0. The van der Waals surface area contributed by atoms with Crippen molar-refractivity contribution in [3.05, 3.63) is 59.5 Å². The van der Waals surface area contributed by atoms with Gasteiger partial charge in [0.25, 0.3) is 0 Å². The molecule has 0 unspecified atom stereocenters. The summed E-state index contributed by atoms with van der Waals surface area (Å²) in [6.07, 6.45) is 4.51. The summed E-state index contributed by atoms with van der Waals surface area (Å²) in [4.78, 5) is 37.5. The van der Waals surface area contributed by atoms with Crippen molar-refractivity contribution in [2.75, 3.05) is 0 Å². The molecule has 126 valence electrons. The summed E-state index contributed by atoms with van der Waals surface area (Å²) in [6, 6.07) is 7.24. The lowest BCUT2D eigenvalue weighted by atomic mass is 9.90. The Morgan fingerprint density at radius 3 is 2.60 bits per heavy atom. The Labute approximate surface area is 144 Å². The van der Waals surface area contributed by atoms with Gasteiger partial charge in [0.1, 0.15) is 5.71 Å². The molecule has 0 atom stereocenters. The third-order valence-electron chi connectivity index (χ3n) is 3.83. The number of nitrogens with zero attached hydrogens (tertiary/aromatic N) is 3. The SMILES string of the molecule is CC1=CC(=O)C(C(C)C)=C/C1=N\OC(=O)c1cnc2ccccc2n1. The molecule has 25 heavy (non-hydrogen) atoms. The largest absolute Gasteiger partial charge is 0.385 e. The zero-order valence-corrected chi connectivity index (χ0v) is 14.2. The highest BCUT2D eigenvalue weighted by Gasteiger charge is 2.20. The molecule has 0 amide bonds. The van der Waals surface area contributed by atoms with Crippen LogP contribution >= 0.6 is 0 Å². The second-order valence-corrected chi connectivity index (χ2v) is 6.05. The maximum atomic E-state index is 12.2. The molecule has 0 spiro atoms. The number of hydrogen-bond donors (Lipinski definition) is 0. The van der Waals surface area contributed by atoms with Crippen LogP contribution in [0.4, 0.5) is 0 Å². The van der Waals surface area contributed by atoms with E-state index in [2.05, 4.69) is 15.1 Å². The first-order valence-electron chi connectivity index (χ1n) is 7.91. The van der Waals surface area contributed by atoms with Gasteiger partial charge in [0.15, 0.2) is 11.5 Å². The van der Waals surface area contributed by atoms with Gasteiger partial charge in [-0.3, -0.25) is 9.78 Å². The molecule has 1 aliphatic carbocycles. The molecule has 2 aromatic rings. The predicted molar refractivity (Wildman–Crippen MR) is 94.1 cm³/mol. The van der Waals surface area contributed by atoms with E-state index in [-0.39, 0.29) is 17.4 Å². The molecule has 0 saturated carbocycles. The summed E-state index contributed by atoms with van der Waals surface area (Å²) in [5.41, 5.74) is 3.10. The number of carbonyl (C=O) groups is 2.